The van der Waals surface area contributed by atoms with Gasteiger partial charge in [0, 0.05) is 48.8 Å². The third kappa shape index (κ3) is 3.36. The van der Waals surface area contributed by atoms with Crippen LogP contribution in [0.1, 0.15) is 66.0 Å². The van der Waals surface area contributed by atoms with Gasteiger partial charge in [0.25, 0.3) is 0 Å². The Morgan fingerprint density at radius 2 is 1.67 bits per heavy atom. The first-order valence-electron chi connectivity index (χ1n) is 13.4. The zero-order valence-electron chi connectivity index (χ0n) is 21.8. The summed E-state index contributed by atoms with van der Waals surface area (Å²) in [5.41, 5.74) is 10.3. The summed E-state index contributed by atoms with van der Waals surface area (Å²) < 4.78 is 8.17. The summed E-state index contributed by atoms with van der Waals surface area (Å²) in [5, 5.41) is 5.91. The van der Waals surface area contributed by atoms with Crippen molar-refractivity contribution in [1.82, 2.24) is 14.7 Å². The molecule has 7 rings (SSSR count). The highest BCUT2D eigenvalue weighted by molar-refractivity contribution is 5.86. The van der Waals surface area contributed by atoms with E-state index in [1.165, 1.54) is 64.5 Å². The second kappa shape index (κ2) is 7.83. The minimum atomic E-state index is 0.299. The molecule has 3 aromatic heterocycles. The molecule has 1 saturated heterocycles. The molecule has 184 valence electrons. The van der Waals surface area contributed by atoms with Gasteiger partial charge in [0.2, 0.25) is 0 Å². The smallest absolute Gasteiger partial charge is 0.147 e. The van der Waals surface area contributed by atoms with Crippen molar-refractivity contribution in [2.75, 3.05) is 18.0 Å². The Bertz CT molecular complexity index is 1510. The Hall–Kier alpha value is -3.34. The summed E-state index contributed by atoms with van der Waals surface area (Å²) >= 11 is 0. The first-order chi connectivity index (χ1) is 17.4. The van der Waals surface area contributed by atoms with E-state index in [1.807, 2.05) is 0 Å². The van der Waals surface area contributed by atoms with Gasteiger partial charge >= 0.3 is 0 Å². The molecular weight excluding hydrogens is 444 g/mol. The van der Waals surface area contributed by atoms with Crippen molar-refractivity contribution in [2.24, 2.45) is 12.5 Å². The van der Waals surface area contributed by atoms with Crippen LogP contribution in [0.25, 0.3) is 27.9 Å². The molecule has 5 nitrogen and oxygen atoms in total. The van der Waals surface area contributed by atoms with Crippen molar-refractivity contribution in [1.29, 1.82) is 0 Å². The molecule has 3 aliphatic rings. The standard InChI is InChI=1S/C31H34N4O/c1-19-6-5-7-20(2)26(19)28-27(29(36-33-28)22-8-9-22)23-16-31(17-23)12-14-35(15-13-31)25-11-10-24-21(3)18-34(4)30(24)32-25/h5-7,10-11,16,18,22H,8-9,12-15,17H2,1-4H3. The number of benzene rings is 1. The highest BCUT2D eigenvalue weighted by atomic mass is 16.5. The number of pyridine rings is 1. The van der Waals surface area contributed by atoms with Crippen LogP contribution < -0.4 is 4.90 Å². The molecule has 0 atom stereocenters. The molecule has 4 aromatic rings. The maximum absolute atomic E-state index is 6.03. The Morgan fingerprint density at radius 3 is 2.36 bits per heavy atom. The predicted molar refractivity (Wildman–Crippen MR) is 145 cm³/mol. The van der Waals surface area contributed by atoms with E-state index in [2.05, 4.69) is 85.0 Å². The SMILES string of the molecule is Cc1cccc(C)c1-c1noc(C2CC2)c1C1=CC2(CCN(c3ccc4c(C)cn(C)c4n3)CC2)C1. The molecule has 1 aromatic carbocycles. The number of aromatic nitrogens is 3. The third-order valence-electron chi connectivity index (χ3n) is 8.82. The lowest BCUT2D eigenvalue weighted by atomic mass is 9.63. The van der Waals surface area contributed by atoms with Gasteiger partial charge in [-0.3, -0.25) is 0 Å². The van der Waals surface area contributed by atoms with Crippen molar-refractivity contribution < 1.29 is 4.52 Å². The number of rotatable bonds is 4. The number of piperidine rings is 1. The van der Waals surface area contributed by atoms with Crippen molar-refractivity contribution >= 4 is 22.4 Å². The summed E-state index contributed by atoms with van der Waals surface area (Å²) in [6, 6.07) is 10.9. The Kier molecular flexibility index (Phi) is 4.76. The van der Waals surface area contributed by atoms with E-state index in [9.17, 15) is 0 Å². The normalized spacial score (nSPS) is 19.1. The van der Waals surface area contributed by atoms with Crippen LogP contribution in [-0.2, 0) is 7.05 Å². The molecule has 0 amide bonds. The zero-order chi connectivity index (χ0) is 24.6. The molecule has 4 heterocycles. The highest BCUT2D eigenvalue weighted by Gasteiger charge is 2.44. The van der Waals surface area contributed by atoms with Gasteiger partial charge in [-0.25, -0.2) is 4.98 Å². The fraction of sp³-hybridized carbons (Fsp3) is 0.419. The highest BCUT2D eigenvalue weighted by Crippen LogP contribution is 2.56. The molecule has 1 spiro atoms. The molecule has 2 fully saturated rings. The number of anilines is 1. The number of hydrogen-bond acceptors (Lipinski definition) is 4. The minimum absolute atomic E-state index is 0.299. The quantitative estimate of drug-likeness (QED) is 0.314. The van der Waals surface area contributed by atoms with Gasteiger partial charge in [-0.1, -0.05) is 29.4 Å². The van der Waals surface area contributed by atoms with Gasteiger partial charge in [-0.05, 0) is 92.7 Å². The number of nitrogens with zero attached hydrogens (tertiary/aromatic N) is 4. The van der Waals surface area contributed by atoms with E-state index in [-0.39, 0.29) is 0 Å². The molecule has 1 saturated carbocycles. The maximum Gasteiger partial charge on any atom is 0.147 e. The number of hydrogen-bond donors (Lipinski definition) is 0. The van der Waals surface area contributed by atoms with Gasteiger partial charge in [-0.15, -0.1) is 0 Å². The lowest BCUT2D eigenvalue weighted by Gasteiger charge is -2.46. The van der Waals surface area contributed by atoms with Crippen molar-refractivity contribution in [3.63, 3.8) is 0 Å². The first-order valence-corrected chi connectivity index (χ1v) is 13.4. The monoisotopic (exact) mass is 478 g/mol. The molecule has 1 aliphatic heterocycles. The van der Waals surface area contributed by atoms with Gasteiger partial charge in [0.1, 0.15) is 22.9 Å². The Labute approximate surface area is 212 Å². The molecule has 0 bridgehead atoms. The number of fused-ring (bicyclic) bond motifs is 1. The van der Waals surface area contributed by atoms with Crippen LogP contribution in [0, 0.1) is 26.2 Å². The van der Waals surface area contributed by atoms with Crippen LogP contribution in [0.2, 0.25) is 0 Å². The molecule has 0 unspecified atom stereocenters. The van der Waals surface area contributed by atoms with E-state index in [0.29, 0.717) is 11.3 Å². The molecule has 0 N–H and O–H groups in total. The maximum atomic E-state index is 6.03. The predicted octanol–water partition coefficient (Wildman–Crippen LogP) is 7.10. The van der Waals surface area contributed by atoms with Gasteiger partial charge in [0.05, 0.1) is 0 Å². The van der Waals surface area contributed by atoms with Crippen molar-refractivity contribution in [3.8, 4) is 11.3 Å². The Balaban J connectivity index is 1.16. The topological polar surface area (TPSA) is 47.1 Å². The summed E-state index contributed by atoms with van der Waals surface area (Å²) in [5.74, 6) is 2.78. The summed E-state index contributed by atoms with van der Waals surface area (Å²) in [7, 11) is 2.09. The van der Waals surface area contributed by atoms with Crippen LogP contribution in [0.15, 0.2) is 47.1 Å². The zero-order valence-corrected chi connectivity index (χ0v) is 21.8. The summed E-state index contributed by atoms with van der Waals surface area (Å²) in [6.07, 6.45) is 10.6. The van der Waals surface area contributed by atoms with Gasteiger partial charge < -0.3 is 14.0 Å². The third-order valence-corrected chi connectivity index (χ3v) is 8.82. The Morgan fingerprint density at radius 1 is 0.944 bits per heavy atom. The second-order valence-corrected chi connectivity index (χ2v) is 11.5. The van der Waals surface area contributed by atoms with Crippen LogP contribution in [0.3, 0.4) is 0 Å². The van der Waals surface area contributed by atoms with Gasteiger partial charge in [-0.2, -0.15) is 0 Å². The molecule has 0 radical (unpaired) electrons. The van der Waals surface area contributed by atoms with Crippen LogP contribution in [0.5, 0.6) is 0 Å². The average molecular weight is 479 g/mol. The lowest BCUT2D eigenvalue weighted by molar-refractivity contribution is 0.277. The van der Waals surface area contributed by atoms with E-state index >= 15 is 0 Å². The van der Waals surface area contributed by atoms with E-state index < -0.39 is 0 Å². The molecule has 5 heteroatoms. The molecule has 36 heavy (non-hydrogen) atoms. The summed E-state index contributed by atoms with van der Waals surface area (Å²) in [6.45, 7) is 8.63. The molecular formula is C31H34N4O. The van der Waals surface area contributed by atoms with E-state index in [4.69, 9.17) is 9.51 Å². The van der Waals surface area contributed by atoms with E-state index in [0.717, 1.165) is 42.4 Å². The van der Waals surface area contributed by atoms with E-state index in [1.54, 1.807) is 0 Å². The first kappa shape index (κ1) is 21.9. The van der Waals surface area contributed by atoms with Crippen molar-refractivity contribution in [3.05, 3.63) is 70.6 Å². The number of aryl methyl sites for hydroxylation is 4. The average Bonchev–Trinajstić information content (AvgIpc) is 3.55. The molecule has 2 aliphatic carbocycles. The second-order valence-electron chi connectivity index (χ2n) is 11.5. The van der Waals surface area contributed by atoms with Crippen LogP contribution in [-0.4, -0.2) is 27.8 Å². The largest absolute Gasteiger partial charge is 0.360 e. The number of allylic oxidation sites excluding steroid dienone is 2. The van der Waals surface area contributed by atoms with Crippen LogP contribution in [0.4, 0.5) is 5.82 Å². The fourth-order valence-corrected chi connectivity index (χ4v) is 6.59. The summed E-state index contributed by atoms with van der Waals surface area (Å²) in [4.78, 5) is 7.49. The van der Waals surface area contributed by atoms with Crippen molar-refractivity contribution in [2.45, 2.75) is 58.8 Å². The minimum Gasteiger partial charge on any atom is -0.360 e. The van der Waals surface area contributed by atoms with Gasteiger partial charge in [0.15, 0.2) is 0 Å². The fourth-order valence-electron chi connectivity index (χ4n) is 6.59. The lowest BCUT2D eigenvalue weighted by Crippen LogP contribution is -2.42. The van der Waals surface area contributed by atoms with Crippen LogP contribution >= 0.6 is 0 Å².